The van der Waals surface area contributed by atoms with E-state index in [9.17, 15) is 0 Å². The molecule has 0 amide bonds. The van der Waals surface area contributed by atoms with Crippen LogP contribution in [0.2, 0.25) is 19.6 Å². The summed E-state index contributed by atoms with van der Waals surface area (Å²) in [6.07, 6.45) is 4.10. The van der Waals surface area contributed by atoms with E-state index >= 15 is 0 Å². The van der Waals surface area contributed by atoms with E-state index in [1.54, 1.807) is 0 Å². The molecule has 0 aliphatic carbocycles. The summed E-state index contributed by atoms with van der Waals surface area (Å²) in [5.41, 5.74) is 1.20. The van der Waals surface area contributed by atoms with Crippen molar-refractivity contribution in [2.24, 2.45) is 0 Å². The fourth-order valence-electron chi connectivity index (χ4n) is 1.11. The van der Waals surface area contributed by atoms with Crippen molar-refractivity contribution in [1.82, 2.24) is 0 Å². The third kappa shape index (κ3) is 4.49. The van der Waals surface area contributed by atoms with Crippen LogP contribution in [0.25, 0.3) is 6.08 Å². The Bertz CT molecular complexity index is 360. The van der Waals surface area contributed by atoms with Crippen LogP contribution in [0.4, 0.5) is 0 Å². The van der Waals surface area contributed by atoms with Crippen LogP contribution < -0.4 is 0 Å². The van der Waals surface area contributed by atoms with Crippen LogP contribution in [0.3, 0.4) is 0 Å². The van der Waals surface area contributed by atoms with Gasteiger partial charge in [-0.15, -0.1) is 0 Å². The van der Waals surface area contributed by atoms with Gasteiger partial charge in [0.2, 0.25) is 0 Å². The van der Waals surface area contributed by atoms with Gasteiger partial charge in [-0.25, -0.2) is 0 Å². The molecule has 0 fully saturated rings. The molecule has 1 aromatic carbocycles. The number of benzene rings is 1. The van der Waals surface area contributed by atoms with Gasteiger partial charge in [0.25, 0.3) is 0 Å². The van der Waals surface area contributed by atoms with Gasteiger partial charge < -0.3 is 4.74 Å². The van der Waals surface area contributed by atoms with Crippen LogP contribution in [0.5, 0.6) is 0 Å². The standard InChI is InChI=1S/C14H20OSi/c1-13(16(2,3)4)15-12-8-11-14-9-6-5-7-10-14/h5-11H,1,12H2,2-4H3/b11-8+. The van der Waals surface area contributed by atoms with Crippen molar-refractivity contribution in [3.8, 4) is 0 Å². The van der Waals surface area contributed by atoms with Gasteiger partial charge in [0.1, 0.15) is 14.7 Å². The Morgan fingerprint density at radius 1 is 1.25 bits per heavy atom. The van der Waals surface area contributed by atoms with Gasteiger partial charge in [-0.3, -0.25) is 0 Å². The molecule has 0 aliphatic heterocycles. The van der Waals surface area contributed by atoms with Gasteiger partial charge in [-0.2, -0.15) is 0 Å². The van der Waals surface area contributed by atoms with Crippen molar-refractivity contribution in [3.05, 3.63) is 53.9 Å². The molecule has 0 atom stereocenters. The first-order valence-electron chi connectivity index (χ1n) is 5.54. The van der Waals surface area contributed by atoms with E-state index in [1.165, 1.54) is 5.56 Å². The largest absolute Gasteiger partial charge is 0.500 e. The lowest BCUT2D eigenvalue weighted by Gasteiger charge is -2.19. The van der Waals surface area contributed by atoms with Crippen molar-refractivity contribution in [3.63, 3.8) is 0 Å². The molecular formula is C14H20OSi. The van der Waals surface area contributed by atoms with E-state index in [2.05, 4.69) is 44.4 Å². The molecule has 0 bridgehead atoms. The van der Waals surface area contributed by atoms with Crippen molar-refractivity contribution in [1.29, 1.82) is 0 Å². The summed E-state index contributed by atoms with van der Waals surface area (Å²) in [4.78, 5) is 0. The fraction of sp³-hybridized carbons (Fsp3) is 0.286. The Balaban J connectivity index is 2.37. The van der Waals surface area contributed by atoms with Gasteiger partial charge >= 0.3 is 0 Å². The minimum Gasteiger partial charge on any atom is -0.500 e. The predicted octanol–water partition coefficient (Wildman–Crippen LogP) is 4.11. The minimum atomic E-state index is -1.34. The molecule has 1 rings (SSSR count). The second-order valence-electron chi connectivity index (χ2n) is 4.80. The third-order valence-electron chi connectivity index (χ3n) is 2.30. The molecule has 0 radical (unpaired) electrons. The first-order chi connectivity index (χ1) is 7.50. The summed E-state index contributed by atoms with van der Waals surface area (Å²) in [7, 11) is -1.34. The van der Waals surface area contributed by atoms with Crippen molar-refractivity contribution in [2.45, 2.75) is 19.6 Å². The first kappa shape index (κ1) is 12.8. The normalized spacial score (nSPS) is 11.7. The molecule has 2 heteroatoms. The van der Waals surface area contributed by atoms with Gasteiger partial charge in [-0.05, 0) is 11.6 Å². The average molecular weight is 232 g/mol. The highest BCUT2D eigenvalue weighted by Crippen LogP contribution is 2.13. The molecule has 86 valence electrons. The van der Waals surface area contributed by atoms with Crippen molar-refractivity contribution in [2.75, 3.05) is 6.61 Å². The van der Waals surface area contributed by atoms with E-state index in [0.717, 1.165) is 5.38 Å². The molecule has 0 aliphatic rings. The smallest absolute Gasteiger partial charge is 0.121 e. The van der Waals surface area contributed by atoms with E-state index in [1.807, 2.05) is 24.3 Å². The summed E-state index contributed by atoms with van der Waals surface area (Å²) in [5, 5.41) is 0.963. The summed E-state index contributed by atoms with van der Waals surface area (Å²) in [5.74, 6) is 0. The lowest BCUT2D eigenvalue weighted by Crippen LogP contribution is -2.25. The second kappa shape index (κ2) is 5.71. The maximum absolute atomic E-state index is 5.61. The fourth-order valence-corrected chi connectivity index (χ4v) is 1.63. The third-order valence-corrected chi connectivity index (χ3v) is 4.12. The highest BCUT2D eigenvalue weighted by Gasteiger charge is 2.18. The van der Waals surface area contributed by atoms with E-state index in [0.29, 0.717) is 6.61 Å². The van der Waals surface area contributed by atoms with E-state index < -0.39 is 8.07 Å². The number of rotatable bonds is 5. The number of hydrogen-bond donors (Lipinski definition) is 0. The Kier molecular flexibility index (Phi) is 4.56. The van der Waals surface area contributed by atoms with E-state index in [-0.39, 0.29) is 0 Å². The highest BCUT2D eigenvalue weighted by molar-refractivity contribution is 6.82. The Hall–Kier alpha value is -1.28. The summed E-state index contributed by atoms with van der Waals surface area (Å²) >= 11 is 0. The Morgan fingerprint density at radius 2 is 1.88 bits per heavy atom. The van der Waals surface area contributed by atoms with Crippen LogP contribution in [-0.2, 0) is 4.74 Å². The van der Waals surface area contributed by atoms with Crippen molar-refractivity contribution < 1.29 is 4.74 Å². The molecule has 1 nitrogen and oxygen atoms in total. The Morgan fingerprint density at radius 3 is 2.44 bits per heavy atom. The van der Waals surface area contributed by atoms with Gasteiger partial charge in [0.05, 0.1) is 5.38 Å². The lowest BCUT2D eigenvalue weighted by atomic mass is 10.2. The molecule has 1 aromatic rings. The zero-order valence-corrected chi connectivity index (χ0v) is 11.4. The lowest BCUT2D eigenvalue weighted by molar-refractivity contribution is 0.272. The Labute approximate surface area is 99.5 Å². The zero-order chi connectivity index (χ0) is 12.0. The topological polar surface area (TPSA) is 9.23 Å². The summed E-state index contributed by atoms with van der Waals surface area (Å²) in [6.45, 7) is 11.3. The maximum Gasteiger partial charge on any atom is 0.121 e. The zero-order valence-electron chi connectivity index (χ0n) is 10.4. The summed E-state index contributed by atoms with van der Waals surface area (Å²) < 4.78 is 5.61. The van der Waals surface area contributed by atoms with Crippen LogP contribution in [0.15, 0.2) is 48.4 Å². The number of ether oxygens (including phenoxy) is 1. The highest BCUT2D eigenvalue weighted by atomic mass is 28.3. The first-order valence-corrected chi connectivity index (χ1v) is 9.04. The predicted molar refractivity (Wildman–Crippen MR) is 73.9 cm³/mol. The quantitative estimate of drug-likeness (QED) is 0.548. The van der Waals surface area contributed by atoms with Gasteiger partial charge in [0.15, 0.2) is 0 Å². The molecule has 0 aromatic heterocycles. The van der Waals surface area contributed by atoms with Crippen LogP contribution in [-0.4, -0.2) is 14.7 Å². The molecular weight excluding hydrogens is 212 g/mol. The minimum absolute atomic E-state index is 0.609. The van der Waals surface area contributed by atoms with Crippen molar-refractivity contribution >= 4 is 14.1 Å². The SMILES string of the molecule is C=C(OC/C=C/c1ccccc1)[Si](C)(C)C. The van der Waals surface area contributed by atoms with Gasteiger partial charge in [-0.1, -0.05) is 62.6 Å². The average Bonchev–Trinajstić information content (AvgIpc) is 2.24. The second-order valence-corrected chi connectivity index (χ2v) is 9.85. The van der Waals surface area contributed by atoms with Gasteiger partial charge in [0, 0.05) is 0 Å². The molecule has 0 heterocycles. The molecule has 0 saturated carbocycles. The van der Waals surface area contributed by atoms with Crippen LogP contribution in [0, 0.1) is 0 Å². The van der Waals surface area contributed by atoms with Crippen LogP contribution in [0.1, 0.15) is 5.56 Å². The molecule has 0 N–H and O–H groups in total. The molecule has 16 heavy (non-hydrogen) atoms. The summed E-state index contributed by atoms with van der Waals surface area (Å²) in [6, 6.07) is 10.2. The molecule has 0 unspecified atom stereocenters. The molecule has 0 saturated heterocycles. The maximum atomic E-state index is 5.61. The monoisotopic (exact) mass is 232 g/mol. The molecule has 0 spiro atoms. The van der Waals surface area contributed by atoms with E-state index in [4.69, 9.17) is 4.74 Å². The van der Waals surface area contributed by atoms with Crippen LogP contribution >= 0.6 is 0 Å². The number of hydrogen-bond acceptors (Lipinski definition) is 1.